The zero-order valence-corrected chi connectivity index (χ0v) is 8.45. The van der Waals surface area contributed by atoms with E-state index in [9.17, 15) is 8.78 Å². The van der Waals surface area contributed by atoms with Crippen LogP contribution in [0.4, 0.5) is 8.78 Å². The van der Waals surface area contributed by atoms with Crippen molar-refractivity contribution >= 4 is 11.6 Å². The van der Waals surface area contributed by atoms with Crippen LogP contribution < -0.4 is 5.32 Å². The summed E-state index contributed by atoms with van der Waals surface area (Å²) in [5, 5.41) is 3.08. The Morgan fingerprint density at radius 1 is 1.21 bits per heavy atom. The van der Waals surface area contributed by atoms with E-state index in [1.807, 2.05) is 0 Å². The molecule has 1 nitrogen and oxygen atoms in total. The predicted octanol–water partition coefficient (Wildman–Crippen LogP) is 2.68. The summed E-state index contributed by atoms with van der Waals surface area (Å²) >= 11 is 5.48. The highest BCUT2D eigenvalue weighted by atomic mass is 35.5. The second-order valence-electron chi connectivity index (χ2n) is 2.97. The van der Waals surface area contributed by atoms with Crippen molar-refractivity contribution in [1.29, 1.82) is 0 Å². The lowest BCUT2D eigenvalue weighted by Crippen LogP contribution is -2.15. The molecule has 1 N–H and O–H groups in total. The van der Waals surface area contributed by atoms with Crippen molar-refractivity contribution in [3.8, 4) is 0 Å². The van der Waals surface area contributed by atoms with Crippen LogP contribution in [0.3, 0.4) is 0 Å². The molecule has 0 unspecified atom stereocenters. The lowest BCUT2D eigenvalue weighted by atomic mass is 10.2. The first-order chi connectivity index (χ1) is 6.74. The summed E-state index contributed by atoms with van der Waals surface area (Å²) in [6.45, 7) is 1.32. The number of hydrogen-bond acceptors (Lipinski definition) is 1. The summed E-state index contributed by atoms with van der Waals surface area (Å²) in [4.78, 5) is 0. The molecule has 1 aromatic rings. The molecule has 1 aromatic carbocycles. The maximum absolute atomic E-state index is 12.7. The van der Waals surface area contributed by atoms with Crippen LogP contribution in [0.15, 0.2) is 18.2 Å². The van der Waals surface area contributed by atoms with Crippen LogP contribution >= 0.6 is 11.6 Å². The first-order valence-electron chi connectivity index (χ1n) is 4.44. The molecule has 0 amide bonds. The molecule has 0 heterocycles. The Morgan fingerprint density at radius 2 is 2.00 bits per heavy atom. The van der Waals surface area contributed by atoms with Crippen LogP contribution in [0.5, 0.6) is 0 Å². The molecular weight excluding hydrogens is 208 g/mol. The average Bonchev–Trinajstić information content (AvgIpc) is 2.18. The fourth-order valence-electron chi connectivity index (χ4n) is 1.07. The van der Waals surface area contributed by atoms with E-state index < -0.39 is 11.6 Å². The van der Waals surface area contributed by atoms with Gasteiger partial charge in [-0.15, -0.1) is 11.6 Å². The Balaban J connectivity index is 2.39. The lowest BCUT2D eigenvalue weighted by molar-refractivity contribution is 0.506. The summed E-state index contributed by atoms with van der Waals surface area (Å²) in [5.74, 6) is -1.01. The fraction of sp³-hybridized carbons (Fsp3) is 0.400. The minimum Gasteiger partial charge on any atom is -0.313 e. The molecule has 0 spiro atoms. The van der Waals surface area contributed by atoms with Crippen LogP contribution in [-0.4, -0.2) is 12.4 Å². The predicted molar refractivity (Wildman–Crippen MR) is 53.4 cm³/mol. The monoisotopic (exact) mass is 219 g/mol. The standard InChI is InChI=1S/C10H12ClF2N/c11-4-1-5-14-7-8-2-3-9(12)10(13)6-8/h2-3,6,14H,1,4-5,7H2. The number of rotatable bonds is 5. The van der Waals surface area contributed by atoms with Gasteiger partial charge in [0.05, 0.1) is 0 Å². The van der Waals surface area contributed by atoms with Gasteiger partial charge in [-0.1, -0.05) is 6.07 Å². The summed E-state index contributed by atoms with van der Waals surface area (Å²) in [7, 11) is 0. The summed E-state index contributed by atoms with van der Waals surface area (Å²) < 4.78 is 25.3. The molecule has 4 heteroatoms. The third kappa shape index (κ3) is 3.60. The molecule has 0 aliphatic carbocycles. The molecule has 1 rings (SSSR count). The smallest absolute Gasteiger partial charge is 0.159 e. The lowest BCUT2D eigenvalue weighted by Gasteiger charge is -2.03. The van der Waals surface area contributed by atoms with E-state index in [1.54, 1.807) is 6.07 Å². The molecule has 0 saturated heterocycles. The maximum atomic E-state index is 12.7. The van der Waals surface area contributed by atoms with E-state index in [4.69, 9.17) is 11.6 Å². The van der Waals surface area contributed by atoms with Crippen molar-refractivity contribution in [3.05, 3.63) is 35.4 Å². The van der Waals surface area contributed by atoms with Gasteiger partial charge in [0, 0.05) is 12.4 Å². The van der Waals surface area contributed by atoms with Crippen molar-refractivity contribution in [2.45, 2.75) is 13.0 Å². The Labute approximate surface area is 87.1 Å². The molecule has 14 heavy (non-hydrogen) atoms. The van der Waals surface area contributed by atoms with Crippen molar-refractivity contribution < 1.29 is 8.78 Å². The number of hydrogen-bond donors (Lipinski definition) is 1. The van der Waals surface area contributed by atoms with E-state index >= 15 is 0 Å². The maximum Gasteiger partial charge on any atom is 0.159 e. The topological polar surface area (TPSA) is 12.0 Å². The van der Waals surface area contributed by atoms with Gasteiger partial charge < -0.3 is 5.32 Å². The van der Waals surface area contributed by atoms with E-state index in [1.165, 1.54) is 6.07 Å². The van der Waals surface area contributed by atoms with Crippen molar-refractivity contribution in [2.75, 3.05) is 12.4 Å². The van der Waals surface area contributed by atoms with Gasteiger partial charge in [0.15, 0.2) is 11.6 Å². The molecule has 0 fully saturated rings. The summed E-state index contributed by atoms with van der Waals surface area (Å²) in [6, 6.07) is 3.89. The number of nitrogens with one attached hydrogen (secondary N) is 1. The minimum atomic E-state index is -0.811. The highest BCUT2D eigenvalue weighted by Gasteiger charge is 2.01. The molecule has 78 valence electrons. The number of alkyl halides is 1. The number of benzene rings is 1. The quantitative estimate of drug-likeness (QED) is 0.593. The second kappa shape index (κ2) is 5.94. The van der Waals surface area contributed by atoms with Crippen LogP contribution in [-0.2, 0) is 6.54 Å². The van der Waals surface area contributed by atoms with Gasteiger partial charge >= 0.3 is 0 Å². The van der Waals surface area contributed by atoms with E-state index in [0.717, 1.165) is 24.6 Å². The molecule has 0 radical (unpaired) electrons. The van der Waals surface area contributed by atoms with Crippen LogP contribution in [0.25, 0.3) is 0 Å². The third-order valence-corrected chi connectivity index (χ3v) is 2.07. The zero-order chi connectivity index (χ0) is 10.4. The second-order valence-corrected chi connectivity index (χ2v) is 3.35. The van der Waals surface area contributed by atoms with E-state index in [2.05, 4.69) is 5.32 Å². The molecule has 0 saturated carbocycles. The van der Waals surface area contributed by atoms with Gasteiger partial charge in [-0.3, -0.25) is 0 Å². The SMILES string of the molecule is Fc1ccc(CNCCCCl)cc1F. The Hall–Kier alpha value is -0.670. The van der Waals surface area contributed by atoms with Crippen molar-refractivity contribution in [3.63, 3.8) is 0 Å². The molecule has 0 aromatic heterocycles. The molecule has 0 bridgehead atoms. The Kier molecular flexibility index (Phi) is 4.84. The van der Waals surface area contributed by atoms with Crippen molar-refractivity contribution in [1.82, 2.24) is 5.32 Å². The van der Waals surface area contributed by atoms with Gasteiger partial charge in [0.1, 0.15) is 0 Å². The molecule has 0 atom stereocenters. The van der Waals surface area contributed by atoms with Gasteiger partial charge in [-0.05, 0) is 30.7 Å². The Morgan fingerprint density at radius 3 is 2.64 bits per heavy atom. The van der Waals surface area contributed by atoms with Crippen LogP contribution in [0, 0.1) is 11.6 Å². The van der Waals surface area contributed by atoms with Crippen LogP contribution in [0.2, 0.25) is 0 Å². The van der Waals surface area contributed by atoms with Crippen molar-refractivity contribution in [2.24, 2.45) is 0 Å². The minimum absolute atomic E-state index is 0.536. The molecule has 0 aliphatic rings. The van der Waals surface area contributed by atoms with E-state index in [0.29, 0.717) is 12.4 Å². The average molecular weight is 220 g/mol. The summed E-state index contributed by atoms with van der Waals surface area (Å²) in [5.41, 5.74) is 0.735. The third-order valence-electron chi connectivity index (χ3n) is 1.80. The zero-order valence-electron chi connectivity index (χ0n) is 7.69. The highest BCUT2D eigenvalue weighted by molar-refractivity contribution is 6.17. The summed E-state index contributed by atoms with van der Waals surface area (Å²) in [6.07, 6.45) is 0.866. The largest absolute Gasteiger partial charge is 0.313 e. The first-order valence-corrected chi connectivity index (χ1v) is 4.98. The first kappa shape index (κ1) is 11.4. The van der Waals surface area contributed by atoms with Gasteiger partial charge in [-0.25, -0.2) is 8.78 Å². The normalized spacial score (nSPS) is 10.5. The van der Waals surface area contributed by atoms with Gasteiger partial charge in [0.2, 0.25) is 0 Å². The number of halogens is 3. The van der Waals surface area contributed by atoms with E-state index in [-0.39, 0.29) is 0 Å². The highest BCUT2D eigenvalue weighted by Crippen LogP contribution is 2.08. The van der Waals surface area contributed by atoms with Crippen LogP contribution in [0.1, 0.15) is 12.0 Å². The molecular formula is C10H12ClF2N. The Bertz CT molecular complexity index is 291. The fourth-order valence-corrected chi connectivity index (χ4v) is 1.21. The molecule has 0 aliphatic heterocycles. The van der Waals surface area contributed by atoms with Gasteiger partial charge in [0.25, 0.3) is 0 Å². The van der Waals surface area contributed by atoms with Gasteiger partial charge in [-0.2, -0.15) is 0 Å².